The predicted octanol–water partition coefficient (Wildman–Crippen LogP) is 1.28. The fraction of sp³-hybridized carbons (Fsp3) is 0. The van der Waals surface area contributed by atoms with Crippen molar-refractivity contribution in [1.29, 1.82) is 0 Å². The Morgan fingerprint density at radius 1 is 1.40 bits per heavy atom. The summed E-state index contributed by atoms with van der Waals surface area (Å²) < 4.78 is 0. The standard InChI is InChI=1S/C8H6O2/c9-8(10)7-5-3-1-2-4-6-7/h1-5H,(H,9,10). The normalized spacial score (nSPS) is 14.6. The minimum Gasteiger partial charge on any atom is -0.477 e. The molecule has 0 aromatic carbocycles. The van der Waals surface area contributed by atoms with Crippen molar-refractivity contribution in [2.24, 2.45) is 0 Å². The van der Waals surface area contributed by atoms with Gasteiger partial charge in [-0.3, -0.25) is 0 Å². The molecule has 0 bridgehead atoms. The molecule has 0 saturated heterocycles. The Kier molecular flexibility index (Phi) is 1.88. The Balaban J connectivity index is 2.98. The summed E-state index contributed by atoms with van der Waals surface area (Å²) in [5.41, 5.74) is 2.78. The number of aliphatic carboxylic acids is 1. The number of hydrogen-bond donors (Lipinski definition) is 1. The highest BCUT2D eigenvalue weighted by Gasteiger charge is 1.99. The number of hydrogen-bond acceptors (Lipinski definition) is 1. The second-order valence-electron chi connectivity index (χ2n) is 1.77. The zero-order valence-corrected chi connectivity index (χ0v) is 5.24. The van der Waals surface area contributed by atoms with Crippen LogP contribution in [0.3, 0.4) is 0 Å². The molecule has 0 aromatic rings. The van der Waals surface area contributed by atoms with Crippen LogP contribution in [0.5, 0.6) is 0 Å². The highest BCUT2D eigenvalue weighted by atomic mass is 16.4. The van der Waals surface area contributed by atoms with E-state index in [9.17, 15) is 4.79 Å². The first kappa shape index (κ1) is 6.59. The van der Waals surface area contributed by atoms with Crippen LogP contribution in [0, 0.1) is 0 Å². The third-order valence-electron chi connectivity index (χ3n) is 1.05. The first-order chi connectivity index (χ1) is 4.80. The molecular formula is C8H6O2. The largest absolute Gasteiger partial charge is 0.477 e. The van der Waals surface area contributed by atoms with Crippen LogP contribution in [0.2, 0.25) is 0 Å². The molecule has 0 spiro atoms. The Hall–Kier alpha value is -1.53. The molecule has 1 rings (SSSR count). The van der Waals surface area contributed by atoms with Crippen LogP contribution in [-0.2, 0) is 4.79 Å². The molecule has 0 aromatic heterocycles. The van der Waals surface area contributed by atoms with Gasteiger partial charge in [-0.25, -0.2) is 4.79 Å². The fourth-order valence-corrected chi connectivity index (χ4v) is 0.591. The van der Waals surface area contributed by atoms with Crippen molar-refractivity contribution in [1.82, 2.24) is 0 Å². The monoisotopic (exact) mass is 134 g/mol. The van der Waals surface area contributed by atoms with Crippen LogP contribution in [-0.4, -0.2) is 11.1 Å². The van der Waals surface area contributed by atoms with Gasteiger partial charge in [0.25, 0.3) is 0 Å². The summed E-state index contributed by atoms with van der Waals surface area (Å²) in [5, 5.41) is 8.46. The van der Waals surface area contributed by atoms with Crippen LogP contribution >= 0.6 is 0 Å². The SMILES string of the molecule is O=C(O)C1=C=CC=CC=C1. The van der Waals surface area contributed by atoms with Gasteiger partial charge in [0, 0.05) is 0 Å². The van der Waals surface area contributed by atoms with Crippen molar-refractivity contribution in [2.75, 3.05) is 0 Å². The highest BCUT2D eigenvalue weighted by molar-refractivity contribution is 5.89. The maximum Gasteiger partial charge on any atom is 0.343 e. The number of carboxylic acid groups (broad SMARTS) is 1. The van der Waals surface area contributed by atoms with Gasteiger partial charge in [-0.1, -0.05) is 18.2 Å². The molecule has 0 saturated carbocycles. The number of rotatable bonds is 1. The topological polar surface area (TPSA) is 37.3 Å². The molecule has 10 heavy (non-hydrogen) atoms. The van der Waals surface area contributed by atoms with Gasteiger partial charge in [-0.15, -0.1) is 5.73 Å². The third kappa shape index (κ3) is 1.47. The van der Waals surface area contributed by atoms with Crippen LogP contribution in [0.4, 0.5) is 0 Å². The van der Waals surface area contributed by atoms with Crippen LogP contribution in [0.15, 0.2) is 41.7 Å². The van der Waals surface area contributed by atoms with E-state index in [-0.39, 0.29) is 5.57 Å². The predicted molar refractivity (Wildman–Crippen MR) is 37.5 cm³/mol. The van der Waals surface area contributed by atoms with E-state index in [0.717, 1.165) is 0 Å². The third-order valence-corrected chi connectivity index (χ3v) is 1.05. The van der Waals surface area contributed by atoms with E-state index in [2.05, 4.69) is 5.73 Å². The van der Waals surface area contributed by atoms with E-state index in [1.54, 1.807) is 24.3 Å². The first-order valence-corrected chi connectivity index (χ1v) is 2.84. The number of carboxylic acids is 1. The van der Waals surface area contributed by atoms with E-state index in [1.165, 1.54) is 6.08 Å². The lowest BCUT2D eigenvalue weighted by Gasteiger charge is -1.84. The molecule has 50 valence electrons. The van der Waals surface area contributed by atoms with Gasteiger partial charge < -0.3 is 5.11 Å². The maximum atomic E-state index is 10.3. The molecule has 0 aliphatic heterocycles. The van der Waals surface area contributed by atoms with Crippen molar-refractivity contribution in [3.8, 4) is 0 Å². The molecule has 0 radical (unpaired) electrons. The zero-order chi connectivity index (χ0) is 7.40. The van der Waals surface area contributed by atoms with Crippen molar-refractivity contribution in [3.63, 3.8) is 0 Å². The molecule has 0 amide bonds. The second-order valence-corrected chi connectivity index (χ2v) is 1.77. The van der Waals surface area contributed by atoms with E-state index < -0.39 is 5.97 Å². The second kappa shape index (κ2) is 2.85. The maximum absolute atomic E-state index is 10.3. The molecule has 0 atom stereocenters. The van der Waals surface area contributed by atoms with Gasteiger partial charge in [0.15, 0.2) is 0 Å². The van der Waals surface area contributed by atoms with E-state index in [4.69, 9.17) is 5.11 Å². The summed E-state index contributed by atoms with van der Waals surface area (Å²) in [7, 11) is 0. The van der Waals surface area contributed by atoms with Crippen molar-refractivity contribution in [2.45, 2.75) is 0 Å². The molecule has 2 heteroatoms. The minimum absolute atomic E-state index is 0.185. The van der Waals surface area contributed by atoms with Crippen molar-refractivity contribution >= 4 is 5.97 Å². The van der Waals surface area contributed by atoms with Crippen LogP contribution in [0.25, 0.3) is 0 Å². The molecule has 1 N–H and O–H groups in total. The number of allylic oxidation sites excluding steroid dienone is 3. The Bertz CT molecular complexity index is 263. The Morgan fingerprint density at radius 2 is 2.20 bits per heavy atom. The molecule has 0 unspecified atom stereocenters. The lowest BCUT2D eigenvalue weighted by atomic mass is 10.3. The van der Waals surface area contributed by atoms with Gasteiger partial charge in [0.2, 0.25) is 0 Å². The van der Waals surface area contributed by atoms with Crippen LogP contribution in [0.1, 0.15) is 0 Å². The quantitative estimate of drug-likeness (QED) is 0.548. The van der Waals surface area contributed by atoms with E-state index >= 15 is 0 Å². The summed E-state index contributed by atoms with van der Waals surface area (Å²) in [6, 6.07) is 0. The smallest absolute Gasteiger partial charge is 0.343 e. The Labute approximate surface area is 58.5 Å². The average Bonchev–Trinajstić information content (AvgIpc) is 2.12. The van der Waals surface area contributed by atoms with E-state index in [0.29, 0.717) is 0 Å². The summed E-state index contributed by atoms with van der Waals surface area (Å²) in [6.45, 7) is 0. The molecule has 1 aliphatic rings. The summed E-state index contributed by atoms with van der Waals surface area (Å²) >= 11 is 0. The number of carbonyl (C=O) groups is 1. The van der Waals surface area contributed by atoms with E-state index in [1.807, 2.05) is 0 Å². The fourth-order valence-electron chi connectivity index (χ4n) is 0.591. The lowest BCUT2D eigenvalue weighted by Crippen LogP contribution is -1.94. The van der Waals surface area contributed by atoms with Crippen molar-refractivity contribution < 1.29 is 9.90 Å². The lowest BCUT2D eigenvalue weighted by molar-refractivity contribution is -0.132. The zero-order valence-electron chi connectivity index (χ0n) is 5.24. The molecule has 1 aliphatic carbocycles. The van der Waals surface area contributed by atoms with Gasteiger partial charge >= 0.3 is 5.97 Å². The first-order valence-electron chi connectivity index (χ1n) is 2.84. The molecule has 2 nitrogen and oxygen atoms in total. The summed E-state index contributed by atoms with van der Waals surface area (Å²) in [5.74, 6) is -0.948. The van der Waals surface area contributed by atoms with Gasteiger partial charge in [0.05, 0.1) is 0 Å². The average molecular weight is 134 g/mol. The van der Waals surface area contributed by atoms with Crippen LogP contribution < -0.4 is 0 Å². The molecule has 0 heterocycles. The summed E-state index contributed by atoms with van der Waals surface area (Å²) in [6.07, 6.45) is 8.22. The van der Waals surface area contributed by atoms with Gasteiger partial charge in [-0.2, -0.15) is 0 Å². The van der Waals surface area contributed by atoms with Gasteiger partial charge in [0.1, 0.15) is 5.57 Å². The Morgan fingerprint density at radius 3 is 2.90 bits per heavy atom. The van der Waals surface area contributed by atoms with Gasteiger partial charge in [-0.05, 0) is 12.2 Å². The molecular weight excluding hydrogens is 128 g/mol. The highest BCUT2D eigenvalue weighted by Crippen LogP contribution is 1.98. The summed E-state index contributed by atoms with van der Waals surface area (Å²) in [4.78, 5) is 10.3. The molecule has 0 fully saturated rings. The van der Waals surface area contributed by atoms with Crippen molar-refractivity contribution in [3.05, 3.63) is 41.7 Å². The minimum atomic E-state index is -0.948.